The number of hydrogen-bond donors (Lipinski definition) is 1. The summed E-state index contributed by atoms with van der Waals surface area (Å²) in [5, 5.41) is 3.48. The maximum Gasteiger partial charge on any atom is 0.329 e. The third kappa shape index (κ3) is 3.22. The van der Waals surface area contributed by atoms with Gasteiger partial charge in [0.2, 0.25) is 0 Å². The predicted molar refractivity (Wildman–Crippen MR) is 125 cm³/mol. The van der Waals surface area contributed by atoms with Crippen LogP contribution in [0.2, 0.25) is 0 Å². The van der Waals surface area contributed by atoms with Crippen LogP contribution in [0.3, 0.4) is 0 Å². The van der Waals surface area contributed by atoms with Crippen LogP contribution in [0.4, 0.5) is 0 Å². The molecular formula is C25H29N5O. The van der Waals surface area contributed by atoms with Crippen LogP contribution in [0.5, 0.6) is 0 Å². The van der Waals surface area contributed by atoms with Crippen molar-refractivity contribution >= 4 is 11.0 Å². The van der Waals surface area contributed by atoms with Gasteiger partial charge >= 0.3 is 5.69 Å². The molecule has 2 aromatic carbocycles. The van der Waals surface area contributed by atoms with Crippen LogP contribution in [-0.2, 0) is 13.1 Å². The lowest BCUT2D eigenvalue weighted by molar-refractivity contribution is 0.551. The van der Waals surface area contributed by atoms with E-state index < -0.39 is 0 Å². The minimum absolute atomic E-state index is 0.0598. The molecule has 0 saturated carbocycles. The molecule has 0 aliphatic carbocycles. The Labute approximate surface area is 182 Å². The average molecular weight is 416 g/mol. The number of aromatic nitrogens is 4. The topological polar surface area (TPSA) is 56.8 Å². The summed E-state index contributed by atoms with van der Waals surface area (Å²) in [7, 11) is 0. The first-order chi connectivity index (χ1) is 15.1. The van der Waals surface area contributed by atoms with Crippen LogP contribution in [0.1, 0.15) is 31.9 Å². The van der Waals surface area contributed by atoms with E-state index in [1.54, 1.807) is 0 Å². The van der Waals surface area contributed by atoms with Gasteiger partial charge in [0.1, 0.15) is 0 Å². The van der Waals surface area contributed by atoms with Gasteiger partial charge in [0.25, 0.3) is 0 Å². The van der Waals surface area contributed by atoms with Crippen molar-refractivity contribution in [2.45, 2.75) is 46.3 Å². The van der Waals surface area contributed by atoms with Crippen molar-refractivity contribution in [3.05, 3.63) is 64.8 Å². The minimum Gasteiger partial charge on any atom is -0.326 e. The first-order valence-electron chi connectivity index (χ1n) is 11.2. The molecule has 5 rings (SSSR count). The van der Waals surface area contributed by atoms with Crippen molar-refractivity contribution in [2.24, 2.45) is 0 Å². The third-order valence-corrected chi connectivity index (χ3v) is 6.44. The number of fused-ring (bicyclic) bond motifs is 1. The summed E-state index contributed by atoms with van der Waals surface area (Å²) in [5.74, 6) is 0. The molecule has 1 saturated heterocycles. The number of benzene rings is 2. The summed E-state index contributed by atoms with van der Waals surface area (Å²) in [5.41, 5.74) is 7.60. The predicted octanol–water partition coefficient (Wildman–Crippen LogP) is 4.22. The van der Waals surface area contributed by atoms with E-state index in [0.29, 0.717) is 19.1 Å². The fourth-order valence-corrected chi connectivity index (χ4v) is 4.88. The second-order valence-corrected chi connectivity index (χ2v) is 8.34. The van der Waals surface area contributed by atoms with Gasteiger partial charge in [0.05, 0.1) is 28.7 Å². The molecular weight excluding hydrogens is 386 g/mol. The van der Waals surface area contributed by atoms with Gasteiger partial charge in [-0.1, -0.05) is 29.8 Å². The SMILES string of the molecule is CCn1c(=O)n(CC)c2cc(-c3c(-c4cccc(C)c4)ncn3[C@@H]3CCNC3)ccc21. The van der Waals surface area contributed by atoms with Gasteiger partial charge in [-0.2, -0.15) is 0 Å². The number of hydrogen-bond acceptors (Lipinski definition) is 3. The largest absolute Gasteiger partial charge is 0.329 e. The molecule has 4 aromatic rings. The quantitative estimate of drug-likeness (QED) is 0.531. The maximum atomic E-state index is 12.9. The first kappa shape index (κ1) is 19.8. The van der Waals surface area contributed by atoms with E-state index in [2.05, 4.69) is 59.3 Å². The zero-order valence-electron chi connectivity index (χ0n) is 18.4. The molecule has 0 bridgehead atoms. The summed E-state index contributed by atoms with van der Waals surface area (Å²) in [6.07, 6.45) is 3.07. The molecule has 160 valence electrons. The molecule has 31 heavy (non-hydrogen) atoms. The van der Waals surface area contributed by atoms with Crippen LogP contribution in [0.25, 0.3) is 33.5 Å². The monoisotopic (exact) mass is 415 g/mol. The normalized spacial score (nSPS) is 16.4. The summed E-state index contributed by atoms with van der Waals surface area (Å²) < 4.78 is 6.04. The maximum absolute atomic E-state index is 12.9. The zero-order valence-corrected chi connectivity index (χ0v) is 18.4. The highest BCUT2D eigenvalue weighted by molar-refractivity contribution is 5.86. The Morgan fingerprint density at radius 1 is 1.03 bits per heavy atom. The summed E-state index contributed by atoms with van der Waals surface area (Å²) >= 11 is 0. The average Bonchev–Trinajstić information content (AvgIpc) is 3.50. The molecule has 0 unspecified atom stereocenters. The van der Waals surface area contributed by atoms with E-state index in [-0.39, 0.29) is 5.69 Å². The van der Waals surface area contributed by atoms with Crippen LogP contribution >= 0.6 is 0 Å². The number of imidazole rings is 2. The number of nitrogens with zero attached hydrogens (tertiary/aromatic N) is 4. The van der Waals surface area contributed by atoms with E-state index in [4.69, 9.17) is 4.98 Å². The smallest absolute Gasteiger partial charge is 0.326 e. The van der Waals surface area contributed by atoms with Gasteiger partial charge in [0, 0.05) is 36.8 Å². The van der Waals surface area contributed by atoms with E-state index in [9.17, 15) is 4.79 Å². The summed E-state index contributed by atoms with van der Waals surface area (Å²) in [4.78, 5) is 17.7. The van der Waals surface area contributed by atoms with E-state index in [0.717, 1.165) is 53.1 Å². The van der Waals surface area contributed by atoms with Crippen molar-refractivity contribution in [3.63, 3.8) is 0 Å². The lowest BCUT2D eigenvalue weighted by atomic mass is 10.0. The fraction of sp³-hybridized carbons (Fsp3) is 0.360. The van der Waals surface area contributed by atoms with Crippen LogP contribution in [-0.4, -0.2) is 31.8 Å². The molecule has 6 nitrogen and oxygen atoms in total. The van der Waals surface area contributed by atoms with Crippen molar-refractivity contribution in [3.8, 4) is 22.5 Å². The third-order valence-electron chi connectivity index (χ3n) is 6.44. The van der Waals surface area contributed by atoms with E-state index in [1.165, 1.54) is 5.56 Å². The van der Waals surface area contributed by atoms with Crippen LogP contribution < -0.4 is 11.0 Å². The van der Waals surface area contributed by atoms with Crippen molar-refractivity contribution < 1.29 is 0 Å². The van der Waals surface area contributed by atoms with Crippen LogP contribution in [0, 0.1) is 6.92 Å². The molecule has 0 spiro atoms. The highest BCUT2D eigenvalue weighted by Crippen LogP contribution is 2.36. The van der Waals surface area contributed by atoms with Gasteiger partial charge in [-0.25, -0.2) is 9.78 Å². The molecule has 1 aliphatic rings. The molecule has 6 heteroatoms. The Kier molecular flexibility index (Phi) is 5.02. The highest BCUT2D eigenvalue weighted by Gasteiger charge is 2.24. The van der Waals surface area contributed by atoms with Crippen molar-refractivity contribution in [1.29, 1.82) is 0 Å². The minimum atomic E-state index is 0.0598. The number of aryl methyl sites for hydroxylation is 3. The Balaban J connectivity index is 1.76. The van der Waals surface area contributed by atoms with Crippen molar-refractivity contribution in [1.82, 2.24) is 24.0 Å². The van der Waals surface area contributed by atoms with E-state index >= 15 is 0 Å². The Bertz CT molecular complexity index is 1300. The molecule has 1 atom stereocenters. The number of nitrogens with one attached hydrogen (secondary N) is 1. The lowest BCUT2D eigenvalue weighted by Gasteiger charge is -2.16. The number of rotatable bonds is 5. The van der Waals surface area contributed by atoms with Gasteiger partial charge in [-0.05, 0) is 51.9 Å². The fourth-order valence-electron chi connectivity index (χ4n) is 4.88. The Hall–Kier alpha value is -3.12. The second kappa shape index (κ2) is 7.85. The van der Waals surface area contributed by atoms with E-state index in [1.807, 2.05) is 29.3 Å². The van der Waals surface area contributed by atoms with Gasteiger partial charge in [0.15, 0.2) is 0 Å². The highest BCUT2D eigenvalue weighted by atomic mass is 16.1. The molecule has 1 N–H and O–H groups in total. The molecule has 1 aliphatic heterocycles. The second-order valence-electron chi connectivity index (χ2n) is 8.34. The Morgan fingerprint density at radius 2 is 1.84 bits per heavy atom. The van der Waals surface area contributed by atoms with Crippen molar-refractivity contribution in [2.75, 3.05) is 13.1 Å². The van der Waals surface area contributed by atoms with Crippen LogP contribution in [0.15, 0.2) is 53.6 Å². The van der Waals surface area contributed by atoms with Gasteiger partial charge in [-0.3, -0.25) is 9.13 Å². The first-order valence-corrected chi connectivity index (χ1v) is 11.2. The Morgan fingerprint density at radius 3 is 2.55 bits per heavy atom. The lowest BCUT2D eigenvalue weighted by Crippen LogP contribution is -2.23. The zero-order chi connectivity index (χ0) is 21.5. The molecule has 2 aromatic heterocycles. The summed E-state index contributed by atoms with van der Waals surface area (Å²) in [6, 6.07) is 15.3. The molecule has 3 heterocycles. The molecule has 0 radical (unpaired) electrons. The molecule has 0 amide bonds. The summed E-state index contributed by atoms with van der Waals surface area (Å²) in [6.45, 7) is 9.46. The standard InChI is InChI=1S/C25H29N5O/c1-4-28-21-10-9-19(14-22(21)29(5-2)25(28)31)24-23(18-8-6-7-17(3)13-18)27-16-30(24)20-11-12-26-15-20/h6-10,13-14,16,20,26H,4-5,11-12,15H2,1-3H3/t20-/m1/s1. The molecule has 1 fully saturated rings. The van der Waals surface area contributed by atoms with Gasteiger partial charge in [-0.15, -0.1) is 0 Å². The van der Waals surface area contributed by atoms with Gasteiger partial charge < -0.3 is 9.88 Å².